The van der Waals surface area contributed by atoms with Crippen LogP contribution >= 0.6 is 0 Å². The predicted molar refractivity (Wildman–Crippen MR) is 96.1 cm³/mol. The molecule has 0 spiro atoms. The molecule has 3 rings (SSSR count). The number of para-hydroxylation sites is 1. The average molecular weight is 357 g/mol. The minimum atomic E-state index is -1.09. The lowest BCUT2D eigenvalue weighted by atomic mass is 10.0. The number of H-pyrrole nitrogens is 1. The van der Waals surface area contributed by atoms with E-state index in [2.05, 4.69) is 10.3 Å². The van der Waals surface area contributed by atoms with E-state index >= 15 is 0 Å². The van der Waals surface area contributed by atoms with E-state index in [1.165, 1.54) is 11.1 Å². The standard InChI is InChI=1S/C19H17F2N3O2/c1-11(24(2)19(26)23-12-6-4-3-5-7-12)15-10-22-18(25)14-9-17(21)16(20)8-13(14)15/h3-11H,1-2H3,(H,22,25)(H,23,26)/t11-/m1/s1. The number of rotatable bonds is 3. The molecular formula is C19H17F2N3O2. The zero-order valence-corrected chi connectivity index (χ0v) is 14.2. The summed E-state index contributed by atoms with van der Waals surface area (Å²) < 4.78 is 27.2. The minimum Gasteiger partial charge on any atom is -0.328 e. The summed E-state index contributed by atoms with van der Waals surface area (Å²) >= 11 is 0. The summed E-state index contributed by atoms with van der Waals surface area (Å²) in [5, 5.41) is 3.05. The second-order valence-electron chi connectivity index (χ2n) is 5.97. The number of amides is 2. The molecule has 2 aromatic carbocycles. The quantitative estimate of drug-likeness (QED) is 0.743. The van der Waals surface area contributed by atoms with Gasteiger partial charge in [-0.05, 0) is 42.1 Å². The van der Waals surface area contributed by atoms with Crippen molar-refractivity contribution in [2.24, 2.45) is 0 Å². The van der Waals surface area contributed by atoms with Crippen LogP contribution in [-0.4, -0.2) is 23.0 Å². The molecule has 0 aliphatic rings. The van der Waals surface area contributed by atoms with Crippen molar-refractivity contribution in [2.75, 3.05) is 12.4 Å². The number of nitrogens with one attached hydrogen (secondary N) is 2. The topological polar surface area (TPSA) is 65.2 Å². The van der Waals surface area contributed by atoms with Gasteiger partial charge in [0.2, 0.25) is 0 Å². The van der Waals surface area contributed by atoms with Crippen LogP contribution in [0.5, 0.6) is 0 Å². The number of hydrogen-bond donors (Lipinski definition) is 2. The van der Waals surface area contributed by atoms with Crippen LogP contribution in [0.15, 0.2) is 53.5 Å². The van der Waals surface area contributed by atoms with E-state index in [1.54, 1.807) is 38.2 Å². The second kappa shape index (κ2) is 6.95. The third-order valence-electron chi connectivity index (χ3n) is 4.35. The number of aromatic nitrogens is 1. The van der Waals surface area contributed by atoms with Crippen molar-refractivity contribution in [3.05, 3.63) is 76.2 Å². The van der Waals surface area contributed by atoms with E-state index in [0.29, 0.717) is 11.3 Å². The van der Waals surface area contributed by atoms with Gasteiger partial charge in [0.1, 0.15) is 0 Å². The maximum atomic E-state index is 13.7. The van der Waals surface area contributed by atoms with Gasteiger partial charge < -0.3 is 15.2 Å². The Morgan fingerprint density at radius 2 is 1.73 bits per heavy atom. The normalized spacial score (nSPS) is 12.0. The maximum absolute atomic E-state index is 13.7. The third-order valence-corrected chi connectivity index (χ3v) is 4.35. The van der Waals surface area contributed by atoms with Gasteiger partial charge in [-0.2, -0.15) is 0 Å². The molecule has 7 heteroatoms. The van der Waals surface area contributed by atoms with Crippen molar-refractivity contribution >= 4 is 22.5 Å². The van der Waals surface area contributed by atoms with Crippen molar-refractivity contribution in [1.29, 1.82) is 0 Å². The summed E-state index contributed by atoms with van der Waals surface area (Å²) in [6.07, 6.45) is 1.42. The summed E-state index contributed by atoms with van der Waals surface area (Å²) in [6.45, 7) is 1.74. The Bertz CT molecular complexity index is 1020. The fourth-order valence-corrected chi connectivity index (χ4v) is 2.74. The first-order chi connectivity index (χ1) is 12.4. The number of pyridine rings is 1. The molecule has 0 radical (unpaired) electrons. The number of halogens is 2. The molecule has 0 unspecified atom stereocenters. The summed E-state index contributed by atoms with van der Waals surface area (Å²) in [7, 11) is 1.58. The lowest BCUT2D eigenvalue weighted by Gasteiger charge is -2.26. The van der Waals surface area contributed by atoms with Gasteiger partial charge in [-0.25, -0.2) is 13.6 Å². The van der Waals surface area contributed by atoms with Crippen LogP contribution < -0.4 is 10.9 Å². The predicted octanol–water partition coefficient (Wildman–Crippen LogP) is 4.03. The first-order valence-electron chi connectivity index (χ1n) is 7.97. The Hall–Kier alpha value is -3.22. The van der Waals surface area contributed by atoms with Crippen LogP contribution in [0.1, 0.15) is 18.5 Å². The molecular weight excluding hydrogens is 340 g/mol. The smallest absolute Gasteiger partial charge is 0.322 e. The highest BCUT2D eigenvalue weighted by Gasteiger charge is 2.21. The van der Waals surface area contributed by atoms with E-state index < -0.39 is 23.2 Å². The minimum absolute atomic E-state index is 0.0325. The van der Waals surface area contributed by atoms with Crippen molar-refractivity contribution in [3.8, 4) is 0 Å². The zero-order valence-electron chi connectivity index (χ0n) is 14.2. The first-order valence-corrected chi connectivity index (χ1v) is 7.97. The fraction of sp³-hybridized carbons (Fsp3) is 0.158. The molecule has 1 heterocycles. The lowest BCUT2D eigenvalue weighted by Crippen LogP contribution is -2.34. The van der Waals surface area contributed by atoms with Gasteiger partial charge in [-0.1, -0.05) is 18.2 Å². The molecule has 0 fully saturated rings. The molecule has 0 aliphatic carbocycles. The summed E-state index contributed by atoms with van der Waals surface area (Å²) in [4.78, 5) is 28.3. The van der Waals surface area contributed by atoms with E-state index in [4.69, 9.17) is 0 Å². The first kappa shape index (κ1) is 17.6. The highest BCUT2D eigenvalue weighted by Crippen LogP contribution is 2.27. The molecule has 1 atom stereocenters. The second-order valence-corrected chi connectivity index (χ2v) is 5.97. The van der Waals surface area contributed by atoms with E-state index in [9.17, 15) is 18.4 Å². The number of aromatic amines is 1. The Morgan fingerprint density at radius 1 is 1.12 bits per heavy atom. The number of anilines is 1. The number of carbonyl (C=O) groups excluding carboxylic acids is 1. The maximum Gasteiger partial charge on any atom is 0.322 e. The van der Waals surface area contributed by atoms with Gasteiger partial charge in [-0.15, -0.1) is 0 Å². The molecule has 134 valence electrons. The van der Waals surface area contributed by atoms with Crippen molar-refractivity contribution in [3.63, 3.8) is 0 Å². The Morgan fingerprint density at radius 3 is 2.38 bits per heavy atom. The Balaban J connectivity index is 1.95. The number of hydrogen-bond acceptors (Lipinski definition) is 2. The molecule has 5 nitrogen and oxygen atoms in total. The Labute approximate surface area is 148 Å². The molecule has 0 bridgehead atoms. The van der Waals surface area contributed by atoms with Gasteiger partial charge in [-0.3, -0.25) is 4.79 Å². The average Bonchev–Trinajstić information content (AvgIpc) is 2.63. The monoisotopic (exact) mass is 357 g/mol. The highest BCUT2D eigenvalue weighted by molar-refractivity contribution is 5.90. The van der Waals surface area contributed by atoms with Crippen LogP contribution in [0.3, 0.4) is 0 Å². The molecule has 0 saturated carbocycles. The Kier molecular flexibility index (Phi) is 4.71. The largest absolute Gasteiger partial charge is 0.328 e. The number of benzene rings is 2. The molecule has 3 aromatic rings. The molecule has 1 aromatic heterocycles. The highest BCUT2D eigenvalue weighted by atomic mass is 19.2. The fourth-order valence-electron chi connectivity index (χ4n) is 2.74. The molecule has 0 aliphatic heterocycles. The van der Waals surface area contributed by atoms with Crippen molar-refractivity contribution < 1.29 is 13.6 Å². The van der Waals surface area contributed by atoms with E-state index in [-0.39, 0.29) is 16.8 Å². The number of fused-ring (bicyclic) bond motifs is 1. The van der Waals surface area contributed by atoms with Crippen LogP contribution in [0.4, 0.5) is 19.3 Å². The van der Waals surface area contributed by atoms with Crippen LogP contribution in [0.2, 0.25) is 0 Å². The molecule has 2 N–H and O–H groups in total. The summed E-state index contributed by atoms with van der Waals surface area (Å²) in [5.41, 5.74) is 0.617. The van der Waals surface area contributed by atoms with Crippen LogP contribution in [-0.2, 0) is 0 Å². The van der Waals surface area contributed by atoms with Crippen molar-refractivity contribution in [1.82, 2.24) is 9.88 Å². The molecule has 0 saturated heterocycles. The summed E-state index contributed by atoms with van der Waals surface area (Å²) in [6, 6.07) is 9.92. The SMILES string of the molecule is C[C@H](c1c[nH]c(=O)c2cc(F)c(F)cc12)N(C)C(=O)Nc1ccccc1. The third kappa shape index (κ3) is 3.28. The van der Waals surface area contributed by atoms with Gasteiger partial charge >= 0.3 is 6.03 Å². The van der Waals surface area contributed by atoms with Gasteiger partial charge in [0, 0.05) is 18.9 Å². The number of carbonyl (C=O) groups is 1. The van der Waals surface area contributed by atoms with Gasteiger partial charge in [0.05, 0.1) is 11.4 Å². The van der Waals surface area contributed by atoms with E-state index in [1.807, 2.05) is 6.07 Å². The number of urea groups is 1. The van der Waals surface area contributed by atoms with Gasteiger partial charge in [0.25, 0.3) is 5.56 Å². The van der Waals surface area contributed by atoms with Gasteiger partial charge in [0.15, 0.2) is 11.6 Å². The van der Waals surface area contributed by atoms with Crippen LogP contribution in [0.25, 0.3) is 10.8 Å². The molecule has 26 heavy (non-hydrogen) atoms. The van der Waals surface area contributed by atoms with Crippen molar-refractivity contribution in [2.45, 2.75) is 13.0 Å². The zero-order chi connectivity index (χ0) is 18.8. The summed E-state index contributed by atoms with van der Waals surface area (Å²) in [5.74, 6) is -2.14. The molecule has 2 amide bonds. The lowest BCUT2D eigenvalue weighted by molar-refractivity contribution is 0.208. The van der Waals surface area contributed by atoms with E-state index in [0.717, 1.165) is 12.1 Å². The number of nitrogens with zero attached hydrogens (tertiary/aromatic N) is 1. The van der Waals surface area contributed by atoms with Crippen LogP contribution in [0, 0.1) is 11.6 Å².